The molecular formula is C23H39B. The average Bonchev–Trinajstić information content (AvgIpc) is 2.71. The van der Waals surface area contributed by atoms with E-state index < -0.39 is 0 Å². The van der Waals surface area contributed by atoms with E-state index in [0.717, 1.165) is 11.8 Å². The summed E-state index contributed by atoms with van der Waals surface area (Å²) in [7, 11) is 5.75. The van der Waals surface area contributed by atoms with Gasteiger partial charge in [0, 0.05) is 5.41 Å². The molecule has 0 N–H and O–H groups in total. The van der Waals surface area contributed by atoms with Gasteiger partial charge in [0.25, 0.3) is 0 Å². The number of allylic oxidation sites excluding steroid dienone is 6. The summed E-state index contributed by atoms with van der Waals surface area (Å²) in [4.78, 5) is 0. The molecular weight excluding hydrogens is 287 g/mol. The van der Waals surface area contributed by atoms with Gasteiger partial charge in [0.1, 0.15) is 0 Å². The molecule has 0 unspecified atom stereocenters. The SMILES string of the molecule is [B]C/C=C\C1=C(C)C(CCC(C)C)(CCC(C)C)C(C)=C1CCC. The molecule has 0 nitrogen and oxygen atoms in total. The van der Waals surface area contributed by atoms with Gasteiger partial charge in [0.2, 0.25) is 0 Å². The van der Waals surface area contributed by atoms with Crippen LogP contribution in [0.2, 0.25) is 6.32 Å². The van der Waals surface area contributed by atoms with Crippen LogP contribution in [0.25, 0.3) is 0 Å². The van der Waals surface area contributed by atoms with Gasteiger partial charge >= 0.3 is 0 Å². The van der Waals surface area contributed by atoms with E-state index in [1.165, 1.54) is 44.1 Å². The van der Waals surface area contributed by atoms with Crippen molar-refractivity contribution in [2.75, 3.05) is 0 Å². The zero-order valence-corrected chi connectivity index (χ0v) is 17.3. The third-order valence-corrected chi connectivity index (χ3v) is 5.83. The molecule has 1 heteroatoms. The molecule has 0 fully saturated rings. The van der Waals surface area contributed by atoms with Crippen LogP contribution in [-0.4, -0.2) is 7.85 Å². The van der Waals surface area contributed by atoms with Crippen molar-refractivity contribution in [3.8, 4) is 0 Å². The summed E-state index contributed by atoms with van der Waals surface area (Å²) in [5.41, 5.74) is 6.64. The Bertz CT molecular complexity index is 476. The second-order valence-electron chi connectivity index (χ2n) is 8.48. The Labute approximate surface area is 153 Å². The second-order valence-corrected chi connectivity index (χ2v) is 8.48. The largest absolute Gasteiger partial charge is 0.0925 e. The Morgan fingerprint density at radius 1 is 0.958 bits per heavy atom. The highest BCUT2D eigenvalue weighted by atomic mass is 14.4. The van der Waals surface area contributed by atoms with Crippen LogP contribution in [-0.2, 0) is 0 Å². The topological polar surface area (TPSA) is 0 Å². The molecule has 1 aliphatic rings. The first-order valence-electron chi connectivity index (χ1n) is 10.1. The van der Waals surface area contributed by atoms with Gasteiger partial charge in [-0.05, 0) is 68.9 Å². The molecule has 0 aliphatic heterocycles. The highest BCUT2D eigenvalue weighted by Crippen LogP contribution is 2.54. The molecule has 0 saturated carbocycles. The molecule has 0 aromatic rings. The van der Waals surface area contributed by atoms with Crippen molar-refractivity contribution < 1.29 is 0 Å². The highest BCUT2D eigenvalue weighted by molar-refractivity contribution is 6.09. The third-order valence-electron chi connectivity index (χ3n) is 5.83. The van der Waals surface area contributed by atoms with E-state index in [1.54, 1.807) is 16.7 Å². The summed E-state index contributed by atoms with van der Waals surface area (Å²) in [5, 5.41) is 0. The van der Waals surface area contributed by atoms with Crippen LogP contribution in [0.1, 0.15) is 87.0 Å². The van der Waals surface area contributed by atoms with Crippen molar-refractivity contribution in [1.82, 2.24) is 0 Å². The molecule has 0 saturated heterocycles. The lowest BCUT2D eigenvalue weighted by Crippen LogP contribution is -2.23. The Kier molecular flexibility index (Phi) is 8.61. The van der Waals surface area contributed by atoms with Crippen molar-refractivity contribution in [2.24, 2.45) is 17.3 Å². The first-order valence-corrected chi connectivity index (χ1v) is 10.1. The third kappa shape index (κ3) is 4.90. The smallest absolute Gasteiger partial charge is 0.0708 e. The van der Waals surface area contributed by atoms with Crippen molar-refractivity contribution >= 4 is 7.85 Å². The zero-order chi connectivity index (χ0) is 18.3. The fourth-order valence-corrected chi connectivity index (χ4v) is 4.19. The molecule has 0 atom stereocenters. The number of hydrogen-bond acceptors (Lipinski definition) is 0. The van der Waals surface area contributed by atoms with Gasteiger partial charge in [-0.1, -0.05) is 70.7 Å². The maximum Gasteiger partial charge on any atom is 0.0708 e. The van der Waals surface area contributed by atoms with E-state index in [0.29, 0.717) is 6.32 Å². The maximum absolute atomic E-state index is 5.75. The molecule has 0 amide bonds. The van der Waals surface area contributed by atoms with E-state index >= 15 is 0 Å². The molecule has 1 aliphatic carbocycles. The van der Waals surface area contributed by atoms with Gasteiger partial charge in [-0.2, -0.15) is 0 Å². The van der Waals surface area contributed by atoms with E-state index in [1.807, 2.05) is 0 Å². The molecule has 134 valence electrons. The van der Waals surface area contributed by atoms with Gasteiger partial charge in [-0.15, -0.1) is 0 Å². The molecule has 1 rings (SSSR count). The van der Waals surface area contributed by atoms with Crippen molar-refractivity contribution in [3.05, 3.63) is 34.4 Å². The summed E-state index contributed by atoms with van der Waals surface area (Å²) in [6.45, 7) is 16.5. The zero-order valence-electron chi connectivity index (χ0n) is 17.3. The summed E-state index contributed by atoms with van der Waals surface area (Å²) in [6.07, 6.45) is 12.7. The van der Waals surface area contributed by atoms with Crippen LogP contribution in [0.4, 0.5) is 0 Å². The van der Waals surface area contributed by atoms with Crippen molar-refractivity contribution in [2.45, 2.75) is 93.3 Å². The van der Waals surface area contributed by atoms with Gasteiger partial charge < -0.3 is 0 Å². The number of rotatable bonds is 10. The first-order chi connectivity index (χ1) is 11.3. The van der Waals surface area contributed by atoms with Crippen molar-refractivity contribution in [3.63, 3.8) is 0 Å². The predicted molar refractivity (Wildman–Crippen MR) is 111 cm³/mol. The summed E-state index contributed by atoms with van der Waals surface area (Å²) in [6, 6.07) is 0. The highest BCUT2D eigenvalue weighted by Gasteiger charge is 2.41. The maximum atomic E-state index is 5.75. The van der Waals surface area contributed by atoms with Crippen LogP contribution in [0.15, 0.2) is 34.4 Å². The van der Waals surface area contributed by atoms with Gasteiger partial charge in [-0.3, -0.25) is 0 Å². The van der Waals surface area contributed by atoms with E-state index in [-0.39, 0.29) is 5.41 Å². The van der Waals surface area contributed by atoms with Crippen LogP contribution < -0.4 is 0 Å². The summed E-state index contributed by atoms with van der Waals surface area (Å²) in [5.74, 6) is 1.53. The lowest BCUT2D eigenvalue weighted by molar-refractivity contribution is 0.308. The van der Waals surface area contributed by atoms with Gasteiger partial charge in [-0.25, -0.2) is 0 Å². The Morgan fingerprint density at radius 2 is 1.50 bits per heavy atom. The standard InChI is InChI=1S/C23H39B/c1-8-10-21-19(6)23(14-12-17(2)3,15-13-18(4)5)20(7)22(21)11-9-16-24/h9,11,17-18H,8,10,12-16H2,1-7H3/b11-9-. The van der Waals surface area contributed by atoms with Crippen LogP contribution in [0.3, 0.4) is 0 Å². The minimum atomic E-state index is 0.285. The first kappa shape index (κ1) is 21.3. The fraction of sp³-hybridized carbons (Fsp3) is 0.739. The Hall–Kier alpha value is -0.715. The lowest BCUT2D eigenvalue weighted by atomic mass is 9.69. The van der Waals surface area contributed by atoms with Crippen LogP contribution >= 0.6 is 0 Å². The van der Waals surface area contributed by atoms with Crippen LogP contribution in [0.5, 0.6) is 0 Å². The van der Waals surface area contributed by atoms with E-state index in [4.69, 9.17) is 7.85 Å². The summed E-state index contributed by atoms with van der Waals surface area (Å²) >= 11 is 0. The normalized spacial score (nSPS) is 18.0. The van der Waals surface area contributed by atoms with Gasteiger partial charge in [0.05, 0.1) is 7.85 Å². The quantitative estimate of drug-likeness (QED) is 0.366. The lowest BCUT2D eigenvalue weighted by Gasteiger charge is -2.35. The molecule has 0 heterocycles. The van der Waals surface area contributed by atoms with Crippen molar-refractivity contribution in [1.29, 1.82) is 0 Å². The molecule has 24 heavy (non-hydrogen) atoms. The van der Waals surface area contributed by atoms with E-state index in [9.17, 15) is 0 Å². The molecule has 0 aromatic heterocycles. The fourth-order valence-electron chi connectivity index (χ4n) is 4.19. The molecule has 0 aromatic carbocycles. The predicted octanol–water partition coefficient (Wildman–Crippen LogP) is 7.43. The Morgan fingerprint density at radius 3 is 1.92 bits per heavy atom. The minimum absolute atomic E-state index is 0.285. The Balaban J connectivity index is 3.35. The monoisotopic (exact) mass is 326 g/mol. The van der Waals surface area contributed by atoms with Gasteiger partial charge in [0.15, 0.2) is 0 Å². The molecule has 0 bridgehead atoms. The second kappa shape index (κ2) is 9.69. The molecule has 2 radical (unpaired) electrons. The average molecular weight is 326 g/mol. The minimum Gasteiger partial charge on any atom is -0.0925 e. The summed E-state index contributed by atoms with van der Waals surface area (Å²) < 4.78 is 0. The van der Waals surface area contributed by atoms with Crippen LogP contribution in [0, 0.1) is 17.3 Å². The number of hydrogen-bond donors (Lipinski definition) is 0. The molecule has 0 spiro atoms. The van der Waals surface area contributed by atoms with E-state index in [2.05, 4.69) is 60.6 Å².